The van der Waals surface area contributed by atoms with Crippen LogP contribution in [0, 0.1) is 26.1 Å². The second kappa shape index (κ2) is 16.3. The Balaban J connectivity index is 0.000000338. The van der Waals surface area contributed by atoms with Crippen LogP contribution in [0.15, 0.2) is 84.9 Å². The van der Waals surface area contributed by atoms with Gasteiger partial charge in [-0.2, -0.15) is 0 Å². The average Bonchev–Trinajstić information content (AvgIpc) is 2.90. The number of anilines is 2. The molecule has 0 aliphatic carbocycles. The number of ether oxygens (including phenoxy) is 1. The molecule has 3 aromatic rings. The summed E-state index contributed by atoms with van der Waals surface area (Å²) < 4.78 is 4.85. The summed E-state index contributed by atoms with van der Waals surface area (Å²) in [6.07, 6.45) is 6.77. The highest BCUT2D eigenvalue weighted by atomic mass is 16.6. The molecule has 0 saturated heterocycles. The van der Waals surface area contributed by atoms with Gasteiger partial charge in [-0.1, -0.05) is 75.6 Å². The molecule has 0 aliphatic heterocycles. The molecule has 0 aliphatic rings. The van der Waals surface area contributed by atoms with Crippen LogP contribution in [0.5, 0.6) is 5.75 Å². The maximum atomic E-state index is 11.6. The van der Waals surface area contributed by atoms with Crippen molar-refractivity contribution < 1.29 is 19.4 Å². The van der Waals surface area contributed by atoms with Gasteiger partial charge in [-0.15, -0.1) is 0 Å². The van der Waals surface area contributed by atoms with Gasteiger partial charge in [-0.3, -0.25) is 20.2 Å². The van der Waals surface area contributed by atoms with Gasteiger partial charge < -0.3 is 10.1 Å². The highest BCUT2D eigenvalue weighted by Gasteiger charge is 2.30. The van der Waals surface area contributed by atoms with Gasteiger partial charge in [0.25, 0.3) is 5.75 Å². The molecule has 0 aromatic heterocycles. The quantitative estimate of drug-likeness (QED) is 0.0621. The van der Waals surface area contributed by atoms with E-state index in [-0.39, 0.29) is 0 Å². The number of nitrogens with one attached hydrogen (secondary N) is 1. The summed E-state index contributed by atoms with van der Waals surface area (Å²) in [5, 5.41) is 25.9. The molecule has 0 amide bonds. The number of hydrogen-bond donors (Lipinski definition) is 1. The van der Waals surface area contributed by atoms with E-state index in [0.29, 0.717) is 17.9 Å². The normalized spacial score (nSPS) is 10.6. The summed E-state index contributed by atoms with van der Waals surface area (Å²) in [4.78, 5) is 32.7. The SMILES string of the molecule is C/C=C\C(=O)Oc1c([N+](=O)[O-])cc(CCCCCC(C)C)cc1[N+](=O)[O-].c1ccc(Nc2ccccc2)cc1. The number of esters is 1. The highest BCUT2D eigenvalue weighted by molar-refractivity contribution is 5.86. The molecule has 39 heavy (non-hydrogen) atoms. The van der Waals surface area contributed by atoms with Crippen molar-refractivity contribution >= 4 is 28.7 Å². The van der Waals surface area contributed by atoms with Crippen LogP contribution in [0.4, 0.5) is 22.7 Å². The maximum absolute atomic E-state index is 11.6. The third-order valence-electron chi connectivity index (χ3n) is 5.59. The third kappa shape index (κ3) is 11.2. The lowest BCUT2D eigenvalue weighted by Gasteiger charge is -2.08. The summed E-state index contributed by atoms with van der Waals surface area (Å²) in [6, 6.07) is 22.8. The molecule has 0 spiro atoms. The molecule has 9 heteroatoms. The van der Waals surface area contributed by atoms with Crippen molar-refractivity contribution in [1.29, 1.82) is 0 Å². The number of hydrogen-bond acceptors (Lipinski definition) is 7. The van der Waals surface area contributed by atoms with Crippen molar-refractivity contribution in [2.24, 2.45) is 5.92 Å². The van der Waals surface area contributed by atoms with Crippen molar-refractivity contribution in [2.75, 3.05) is 5.32 Å². The lowest BCUT2D eigenvalue weighted by atomic mass is 10.0. The number of carbonyl (C=O) groups excluding carboxylic acids is 1. The fourth-order valence-corrected chi connectivity index (χ4v) is 3.71. The molecule has 3 aromatic carbocycles. The Kier molecular flexibility index (Phi) is 12.9. The van der Waals surface area contributed by atoms with Crippen LogP contribution in [0.2, 0.25) is 0 Å². The van der Waals surface area contributed by atoms with Gasteiger partial charge in [0, 0.05) is 29.6 Å². The molecule has 0 unspecified atom stereocenters. The first-order valence-electron chi connectivity index (χ1n) is 12.9. The van der Waals surface area contributed by atoms with Crippen molar-refractivity contribution in [3.05, 3.63) is 111 Å². The fourth-order valence-electron chi connectivity index (χ4n) is 3.71. The number of unbranched alkanes of at least 4 members (excludes halogenated alkanes) is 2. The first-order chi connectivity index (χ1) is 18.7. The topological polar surface area (TPSA) is 125 Å². The number of nitrogens with zero attached hydrogens (tertiary/aromatic N) is 2. The molecule has 0 radical (unpaired) electrons. The zero-order valence-corrected chi connectivity index (χ0v) is 22.5. The average molecular weight is 534 g/mol. The number of aryl methyl sites for hydroxylation is 1. The predicted molar refractivity (Wildman–Crippen MR) is 153 cm³/mol. The summed E-state index contributed by atoms with van der Waals surface area (Å²) in [5.74, 6) is -0.921. The fraction of sp³-hybridized carbons (Fsp3) is 0.300. The Morgan fingerprint density at radius 2 is 1.38 bits per heavy atom. The molecular weight excluding hydrogens is 498 g/mol. The van der Waals surface area contributed by atoms with E-state index in [9.17, 15) is 25.0 Å². The van der Waals surface area contributed by atoms with E-state index in [1.54, 1.807) is 6.92 Å². The van der Waals surface area contributed by atoms with Crippen molar-refractivity contribution in [3.63, 3.8) is 0 Å². The monoisotopic (exact) mass is 533 g/mol. The Bertz CT molecular complexity index is 1170. The van der Waals surface area contributed by atoms with Crippen LogP contribution in [0.25, 0.3) is 0 Å². The molecule has 0 heterocycles. The second-order valence-corrected chi connectivity index (χ2v) is 9.25. The Labute approximate surface area is 228 Å². The van der Waals surface area contributed by atoms with Crippen LogP contribution >= 0.6 is 0 Å². The Hall–Kier alpha value is -4.53. The van der Waals surface area contributed by atoms with Crippen LogP contribution in [0.1, 0.15) is 52.0 Å². The summed E-state index contributed by atoms with van der Waals surface area (Å²) in [5.41, 5.74) is 1.57. The molecule has 3 rings (SSSR count). The van der Waals surface area contributed by atoms with E-state index in [4.69, 9.17) is 4.74 Å². The standard InChI is InChI=1S/C18H24N2O6.C12H11N/c1-4-8-17(21)26-18-15(19(22)23)11-14(12-16(18)20(24)25)10-7-5-6-9-13(2)3;1-3-7-11(8-4-1)13-12-9-5-2-6-10-12/h4,8,11-13H,5-7,9-10H2,1-3H3;1-10,13H/b8-4-;. The van der Waals surface area contributed by atoms with Gasteiger partial charge in [0.05, 0.1) is 9.85 Å². The van der Waals surface area contributed by atoms with E-state index >= 15 is 0 Å². The van der Waals surface area contributed by atoms with Crippen molar-refractivity contribution in [1.82, 2.24) is 0 Å². The third-order valence-corrected chi connectivity index (χ3v) is 5.59. The van der Waals surface area contributed by atoms with E-state index in [1.807, 2.05) is 60.7 Å². The predicted octanol–water partition coefficient (Wildman–Crippen LogP) is 8.17. The van der Waals surface area contributed by atoms with Crippen molar-refractivity contribution in [3.8, 4) is 5.75 Å². The van der Waals surface area contributed by atoms with Gasteiger partial charge in [0.1, 0.15) is 0 Å². The number of para-hydroxylation sites is 2. The number of rotatable bonds is 12. The van der Waals surface area contributed by atoms with E-state index in [2.05, 4.69) is 19.2 Å². The second-order valence-electron chi connectivity index (χ2n) is 9.25. The molecule has 0 atom stereocenters. The van der Waals surface area contributed by atoms with Crippen LogP contribution in [0.3, 0.4) is 0 Å². The summed E-state index contributed by atoms with van der Waals surface area (Å²) >= 11 is 0. The smallest absolute Gasteiger partial charge is 0.336 e. The number of benzene rings is 3. The molecular formula is C30H35N3O6. The Morgan fingerprint density at radius 1 is 0.872 bits per heavy atom. The van der Waals surface area contributed by atoms with Gasteiger partial charge in [0.2, 0.25) is 0 Å². The zero-order chi connectivity index (χ0) is 28.6. The largest absolute Gasteiger partial charge is 0.409 e. The van der Waals surface area contributed by atoms with E-state index < -0.39 is 32.9 Å². The molecule has 0 saturated carbocycles. The van der Waals surface area contributed by atoms with Gasteiger partial charge >= 0.3 is 17.3 Å². The number of allylic oxidation sites excluding steroid dienone is 1. The Morgan fingerprint density at radius 3 is 1.82 bits per heavy atom. The minimum atomic E-state index is -0.903. The molecule has 206 valence electrons. The van der Waals surface area contributed by atoms with Crippen LogP contribution in [-0.4, -0.2) is 15.8 Å². The van der Waals surface area contributed by atoms with Crippen LogP contribution in [-0.2, 0) is 11.2 Å². The molecule has 0 fully saturated rings. The lowest BCUT2D eigenvalue weighted by Crippen LogP contribution is -2.09. The number of nitro benzene ring substituents is 2. The lowest BCUT2D eigenvalue weighted by molar-refractivity contribution is -0.395. The molecule has 0 bridgehead atoms. The summed E-state index contributed by atoms with van der Waals surface area (Å²) in [6.45, 7) is 5.84. The highest BCUT2D eigenvalue weighted by Crippen LogP contribution is 2.38. The minimum Gasteiger partial charge on any atom is -0.409 e. The van der Waals surface area contributed by atoms with Gasteiger partial charge in [-0.05, 0) is 55.5 Å². The van der Waals surface area contributed by atoms with Gasteiger partial charge in [0.15, 0.2) is 0 Å². The summed E-state index contributed by atoms with van der Waals surface area (Å²) in [7, 11) is 0. The first kappa shape index (κ1) is 30.7. The maximum Gasteiger partial charge on any atom is 0.336 e. The first-order valence-corrected chi connectivity index (χ1v) is 12.9. The van der Waals surface area contributed by atoms with Crippen molar-refractivity contribution in [2.45, 2.75) is 52.9 Å². The van der Waals surface area contributed by atoms with Gasteiger partial charge in [-0.25, -0.2) is 4.79 Å². The number of nitro groups is 2. The molecule has 9 nitrogen and oxygen atoms in total. The minimum absolute atomic E-state index is 0.485. The molecule has 1 N–H and O–H groups in total. The van der Waals surface area contributed by atoms with E-state index in [0.717, 1.165) is 43.1 Å². The van der Waals surface area contributed by atoms with Crippen LogP contribution < -0.4 is 10.1 Å². The van der Waals surface area contributed by atoms with E-state index in [1.165, 1.54) is 18.2 Å². The zero-order valence-electron chi connectivity index (χ0n) is 22.5. The number of carbonyl (C=O) groups is 1.